The number of hydrogen-bond acceptors (Lipinski definition) is 9. The van der Waals surface area contributed by atoms with Gasteiger partial charge in [0.2, 0.25) is 29.5 Å². The first-order chi connectivity index (χ1) is 27.9. The zero-order chi connectivity index (χ0) is 43.8. The molecule has 3 aromatic rings. The van der Waals surface area contributed by atoms with E-state index in [9.17, 15) is 33.9 Å². The second kappa shape index (κ2) is 22.8. The number of imidazole rings is 1. The average Bonchev–Trinajstić information content (AvgIpc) is 3.85. The van der Waals surface area contributed by atoms with E-state index >= 15 is 0 Å². The highest BCUT2D eigenvalue weighted by Crippen LogP contribution is 2.20. The molecular weight excluding hydrogens is 761 g/mol. The van der Waals surface area contributed by atoms with Gasteiger partial charge in [-0.25, -0.2) is 9.78 Å². The molecule has 0 spiro atoms. The summed E-state index contributed by atoms with van der Waals surface area (Å²) in [6.45, 7) is 11.1. The van der Waals surface area contributed by atoms with Crippen molar-refractivity contribution in [2.45, 2.75) is 116 Å². The lowest BCUT2D eigenvalue weighted by atomic mass is 9.95. The Morgan fingerprint density at radius 1 is 0.797 bits per heavy atom. The summed E-state index contributed by atoms with van der Waals surface area (Å²) in [7, 11) is 0. The third kappa shape index (κ3) is 14.7. The molecule has 0 saturated carbocycles. The SMILES string of the molecule is CC[C@H](C)[C@H](NC(=O)[C@@H](N)CC(C)C)C(=O)N[C@H](C(=O)N[C@@H](Cc1cnc[nH]1)C(=O)N[C@@H](CCCN=C(N)N)C(=O)N[C@@H](Cc1c[nH]c2ccccc12)C(=O)O)C(C)C. The monoisotopic (exact) mass is 822 g/mol. The quantitative estimate of drug-likeness (QED) is 0.0332. The molecule has 3 rings (SSSR count). The number of nitrogens with one attached hydrogen (secondary N) is 7. The van der Waals surface area contributed by atoms with E-state index in [1.54, 1.807) is 27.0 Å². The number of aliphatic carboxylic acids is 1. The van der Waals surface area contributed by atoms with Crippen LogP contribution in [-0.4, -0.2) is 104 Å². The van der Waals surface area contributed by atoms with Gasteiger partial charge in [0.15, 0.2) is 5.96 Å². The molecular formula is C40H62N12O7. The van der Waals surface area contributed by atoms with Crippen LogP contribution in [0.1, 0.15) is 78.5 Å². The molecule has 0 aliphatic heterocycles. The molecule has 0 fully saturated rings. The molecule has 0 aliphatic rings. The molecule has 0 radical (unpaired) electrons. The van der Waals surface area contributed by atoms with E-state index < -0.39 is 77.7 Å². The van der Waals surface area contributed by atoms with Crippen LogP contribution >= 0.6 is 0 Å². The minimum atomic E-state index is -1.36. The van der Waals surface area contributed by atoms with Crippen molar-refractivity contribution in [2.75, 3.05) is 6.54 Å². The van der Waals surface area contributed by atoms with Crippen LogP contribution in [0.3, 0.4) is 0 Å². The summed E-state index contributed by atoms with van der Waals surface area (Å²) in [5.74, 6) is -5.39. The Hall–Kier alpha value is -5.98. The van der Waals surface area contributed by atoms with Gasteiger partial charge in [0.25, 0.3) is 0 Å². The Bertz CT molecular complexity index is 1890. The zero-order valence-corrected chi connectivity index (χ0v) is 34.7. The highest BCUT2D eigenvalue weighted by Gasteiger charge is 2.35. The molecule has 1 aromatic carbocycles. The predicted molar refractivity (Wildman–Crippen MR) is 223 cm³/mol. The molecule has 59 heavy (non-hydrogen) atoms. The third-order valence-corrected chi connectivity index (χ3v) is 10.0. The van der Waals surface area contributed by atoms with Crippen LogP contribution in [0.5, 0.6) is 0 Å². The summed E-state index contributed by atoms with van der Waals surface area (Å²) in [6, 6.07) is 0.454. The maximum Gasteiger partial charge on any atom is 0.326 e. The van der Waals surface area contributed by atoms with Gasteiger partial charge in [-0.1, -0.05) is 66.2 Å². The minimum absolute atomic E-state index is 0.00667. The normalized spacial score (nSPS) is 14.9. The Balaban J connectivity index is 1.85. The van der Waals surface area contributed by atoms with Crippen molar-refractivity contribution in [1.29, 1.82) is 0 Å². The predicted octanol–water partition coefficient (Wildman–Crippen LogP) is 0.314. The van der Waals surface area contributed by atoms with Crippen LogP contribution in [0.25, 0.3) is 10.9 Å². The van der Waals surface area contributed by atoms with E-state index in [0.717, 1.165) is 10.9 Å². The molecule has 2 aromatic heterocycles. The lowest BCUT2D eigenvalue weighted by Gasteiger charge is -2.30. The maximum absolute atomic E-state index is 14.1. The number of benzene rings is 1. The number of H-pyrrole nitrogens is 2. The van der Waals surface area contributed by atoms with Crippen molar-refractivity contribution in [3.63, 3.8) is 0 Å². The van der Waals surface area contributed by atoms with Gasteiger partial charge in [0.05, 0.1) is 12.4 Å². The van der Waals surface area contributed by atoms with Crippen molar-refractivity contribution in [3.05, 3.63) is 54.2 Å². The van der Waals surface area contributed by atoms with Gasteiger partial charge >= 0.3 is 5.97 Å². The van der Waals surface area contributed by atoms with Crippen LogP contribution in [0.15, 0.2) is 48.0 Å². The van der Waals surface area contributed by atoms with Crippen LogP contribution in [-0.2, 0) is 41.6 Å². The van der Waals surface area contributed by atoms with Crippen LogP contribution in [0, 0.1) is 17.8 Å². The summed E-state index contributed by atoms with van der Waals surface area (Å²) < 4.78 is 0. The standard InChI is InChI=1S/C40H62N12O7/c1-7-23(6)33(52-34(53)27(41)15-21(2)3)38(57)51-32(22(4)5)37(56)49-30(17-25-19-44-20-47-25)36(55)48-29(13-10-14-45-40(42)43)35(54)50-31(39(58)59)16-24-18-46-28-12-9-8-11-26(24)28/h8-9,11-12,18-23,27,29-33,46H,7,10,13-17,41H2,1-6H3,(H,44,47)(H,48,55)(H,49,56)(H,50,54)(H,51,57)(H,52,53)(H,58,59)(H4,42,43,45)/t23-,27-,29-,30-,31-,32-,33-/m0/s1. The summed E-state index contributed by atoms with van der Waals surface area (Å²) in [5, 5.41) is 24.5. The number of fused-ring (bicyclic) bond motifs is 1. The molecule has 324 valence electrons. The van der Waals surface area contributed by atoms with E-state index in [1.165, 1.54) is 12.5 Å². The van der Waals surface area contributed by atoms with Gasteiger partial charge in [0, 0.05) is 48.4 Å². The Morgan fingerprint density at radius 2 is 1.42 bits per heavy atom. The molecule has 19 heteroatoms. The number of amides is 5. The number of para-hydroxylation sites is 1. The fourth-order valence-corrected chi connectivity index (χ4v) is 6.48. The molecule has 2 heterocycles. The number of guanidine groups is 1. The van der Waals surface area contributed by atoms with Crippen molar-refractivity contribution in [3.8, 4) is 0 Å². The smallest absolute Gasteiger partial charge is 0.326 e. The summed E-state index contributed by atoms with van der Waals surface area (Å²) in [6.07, 6.45) is 5.61. The highest BCUT2D eigenvalue weighted by molar-refractivity contribution is 5.97. The number of rotatable bonds is 24. The number of carbonyl (C=O) groups is 6. The summed E-state index contributed by atoms with van der Waals surface area (Å²) in [5.41, 5.74) is 19.0. The average molecular weight is 823 g/mol. The lowest BCUT2D eigenvalue weighted by Crippen LogP contribution is -2.61. The molecule has 14 N–H and O–H groups in total. The van der Waals surface area contributed by atoms with Crippen molar-refractivity contribution < 1.29 is 33.9 Å². The van der Waals surface area contributed by atoms with Gasteiger partial charge < -0.3 is 58.9 Å². The van der Waals surface area contributed by atoms with Gasteiger partial charge in [-0.05, 0) is 48.6 Å². The van der Waals surface area contributed by atoms with Crippen LogP contribution in [0.2, 0.25) is 0 Å². The highest BCUT2D eigenvalue weighted by atomic mass is 16.4. The largest absolute Gasteiger partial charge is 0.480 e. The summed E-state index contributed by atoms with van der Waals surface area (Å²) in [4.78, 5) is 95.1. The molecule has 0 bridgehead atoms. The number of hydrogen-bond donors (Lipinski definition) is 11. The van der Waals surface area contributed by atoms with E-state index in [4.69, 9.17) is 17.2 Å². The van der Waals surface area contributed by atoms with E-state index in [2.05, 4.69) is 46.5 Å². The first kappa shape index (κ1) is 47.4. The lowest BCUT2D eigenvalue weighted by molar-refractivity contribution is -0.142. The minimum Gasteiger partial charge on any atom is -0.480 e. The number of aromatic amines is 2. The van der Waals surface area contributed by atoms with Gasteiger partial charge in [-0.15, -0.1) is 0 Å². The Labute approximate surface area is 344 Å². The molecule has 0 unspecified atom stereocenters. The summed E-state index contributed by atoms with van der Waals surface area (Å²) >= 11 is 0. The number of aromatic nitrogens is 3. The van der Waals surface area contributed by atoms with Crippen LogP contribution in [0.4, 0.5) is 0 Å². The Kier molecular flexibility index (Phi) is 18.3. The maximum atomic E-state index is 14.1. The second-order valence-electron chi connectivity index (χ2n) is 15.7. The number of nitrogens with two attached hydrogens (primary N) is 3. The molecule has 7 atom stereocenters. The van der Waals surface area contributed by atoms with Gasteiger partial charge in [0.1, 0.15) is 30.2 Å². The second-order valence-corrected chi connectivity index (χ2v) is 15.7. The molecule has 19 nitrogen and oxygen atoms in total. The van der Waals surface area contributed by atoms with Crippen LogP contribution < -0.4 is 43.8 Å². The number of carboxylic acid groups (broad SMARTS) is 1. The molecule has 0 aliphatic carbocycles. The topological polar surface area (TPSA) is 318 Å². The zero-order valence-electron chi connectivity index (χ0n) is 34.7. The third-order valence-electron chi connectivity index (χ3n) is 10.0. The first-order valence-electron chi connectivity index (χ1n) is 20.0. The van der Waals surface area contributed by atoms with Crippen molar-refractivity contribution >= 4 is 52.4 Å². The van der Waals surface area contributed by atoms with E-state index in [1.807, 2.05) is 45.0 Å². The number of aliphatic imine (C=N–C) groups is 1. The number of carboxylic acids is 1. The van der Waals surface area contributed by atoms with E-state index in [0.29, 0.717) is 24.1 Å². The fraction of sp³-hybridized carbons (Fsp3) is 0.550. The van der Waals surface area contributed by atoms with Crippen molar-refractivity contribution in [2.24, 2.45) is 39.9 Å². The van der Waals surface area contributed by atoms with Gasteiger partial charge in [-0.2, -0.15) is 0 Å². The number of nitrogens with zero attached hydrogens (tertiary/aromatic N) is 2. The fourth-order valence-electron chi connectivity index (χ4n) is 6.48. The number of carbonyl (C=O) groups excluding carboxylic acids is 5. The van der Waals surface area contributed by atoms with Gasteiger partial charge in [-0.3, -0.25) is 29.0 Å². The molecule has 5 amide bonds. The van der Waals surface area contributed by atoms with E-state index in [-0.39, 0.29) is 50.0 Å². The molecule has 0 saturated heterocycles. The Morgan fingerprint density at radius 3 is 2.03 bits per heavy atom. The first-order valence-corrected chi connectivity index (χ1v) is 20.0. The van der Waals surface area contributed by atoms with Crippen molar-refractivity contribution in [1.82, 2.24) is 41.5 Å².